The second-order valence-electron chi connectivity index (χ2n) is 24.7. The summed E-state index contributed by atoms with van der Waals surface area (Å²) < 4.78 is -1.26. The molecule has 1 aromatic carbocycles. The van der Waals surface area contributed by atoms with Gasteiger partial charge in [0.15, 0.2) is 0 Å². The molecule has 33 nitrogen and oxygen atoms in total. The van der Waals surface area contributed by atoms with Gasteiger partial charge in [0.2, 0.25) is 70.9 Å². The summed E-state index contributed by atoms with van der Waals surface area (Å²) in [6, 6.07) is -12.3. The number of carbonyl (C=O) groups is 14. The molecule has 1 heterocycles. The van der Waals surface area contributed by atoms with Gasteiger partial charge in [-0.15, -0.1) is 0 Å². The number of unbranched alkanes of at least 4 members (excludes halogenated alkanes) is 2. The maximum atomic E-state index is 14.5. The van der Waals surface area contributed by atoms with E-state index >= 15 is 0 Å². The van der Waals surface area contributed by atoms with Gasteiger partial charge >= 0.3 is 11.9 Å². The van der Waals surface area contributed by atoms with E-state index in [0.29, 0.717) is 18.4 Å². The van der Waals surface area contributed by atoms with E-state index in [1.165, 1.54) is 24.3 Å². The van der Waals surface area contributed by atoms with Crippen LogP contribution in [0.1, 0.15) is 132 Å². The molecule has 0 aromatic heterocycles. The molecule has 0 radical (unpaired) electrons. The highest BCUT2D eigenvalue weighted by Gasteiger charge is 2.41. The summed E-state index contributed by atoms with van der Waals surface area (Å²) in [6.07, 6.45) is -2.99. The van der Waals surface area contributed by atoms with Gasteiger partial charge in [0, 0.05) is 16.9 Å². The number of aliphatic carboxylic acids is 2. The van der Waals surface area contributed by atoms with Gasteiger partial charge in [0.25, 0.3) is 0 Å². The van der Waals surface area contributed by atoms with Crippen LogP contribution in [0.5, 0.6) is 5.75 Å². The van der Waals surface area contributed by atoms with Crippen molar-refractivity contribution in [3.63, 3.8) is 0 Å². The number of aliphatic hydroxyl groups is 1. The molecule has 0 aliphatic carbocycles. The molecule has 2 rings (SSSR count). The molecule has 95 heavy (non-hydrogen) atoms. The third kappa shape index (κ3) is 29.4. The van der Waals surface area contributed by atoms with Gasteiger partial charge in [0.05, 0.1) is 31.5 Å². The van der Waals surface area contributed by atoms with Crippen molar-refractivity contribution in [1.29, 1.82) is 0 Å². The fourth-order valence-corrected chi connectivity index (χ4v) is 12.2. The molecule has 1 aliphatic rings. The molecule has 1 saturated heterocycles. The fourth-order valence-electron chi connectivity index (χ4n) is 9.42. The first kappa shape index (κ1) is 83.2. The third-order valence-corrected chi connectivity index (χ3v) is 18.6. The summed E-state index contributed by atoms with van der Waals surface area (Å²) in [7, 11) is 1.89. The Morgan fingerprint density at radius 2 is 1.04 bits per heavy atom. The van der Waals surface area contributed by atoms with Crippen molar-refractivity contribution in [1.82, 2.24) is 58.5 Å². The molecule has 35 heteroatoms. The molecule has 23 N–H and O–H groups in total. The lowest BCUT2D eigenvalue weighted by atomic mass is 9.95. The lowest BCUT2D eigenvalue weighted by Crippen LogP contribution is -2.62. The molecule has 1 aliphatic heterocycles. The number of benzene rings is 1. The maximum Gasteiger partial charge on any atom is 0.327 e. The molecule has 13 atom stereocenters. The molecule has 0 spiro atoms. The van der Waals surface area contributed by atoms with E-state index in [1.807, 2.05) is 0 Å². The van der Waals surface area contributed by atoms with Crippen LogP contribution < -0.4 is 81.4 Å². The molecule has 0 bridgehead atoms. The number of aromatic hydroxyl groups is 1. The zero-order chi connectivity index (χ0) is 72.0. The number of carboxylic acids is 2. The molecule has 1 aromatic rings. The summed E-state index contributed by atoms with van der Waals surface area (Å²) in [6.45, 7) is 13.5. The first-order valence-corrected chi connectivity index (χ1v) is 33.7. The lowest BCUT2D eigenvalue weighted by molar-refractivity contribution is -0.142. The van der Waals surface area contributed by atoms with Crippen LogP contribution >= 0.6 is 21.6 Å². The van der Waals surface area contributed by atoms with Crippen LogP contribution in [0.3, 0.4) is 0 Å². The topological polar surface area (TPSA) is 556 Å². The first-order chi connectivity index (χ1) is 44.5. The second-order valence-corrected chi connectivity index (χ2v) is 27.7. The summed E-state index contributed by atoms with van der Waals surface area (Å²) in [5.41, 5.74) is 23.8. The number of phenolic OH excluding ortho intramolecular Hbond substituents is 1. The predicted octanol–water partition coefficient (Wildman–Crippen LogP) is -3.78. The van der Waals surface area contributed by atoms with E-state index < -0.39 is 191 Å². The van der Waals surface area contributed by atoms with E-state index in [9.17, 15) is 87.5 Å². The zero-order valence-electron chi connectivity index (χ0n) is 55.2. The summed E-state index contributed by atoms with van der Waals surface area (Å²) in [5, 5.41) is 68.2. The van der Waals surface area contributed by atoms with Crippen LogP contribution in [0.2, 0.25) is 0 Å². The van der Waals surface area contributed by atoms with Crippen molar-refractivity contribution in [3.8, 4) is 5.75 Å². The highest BCUT2D eigenvalue weighted by molar-refractivity contribution is 8.77. The number of carboxylic acid groups (broad SMARTS) is 2. The summed E-state index contributed by atoms with van der Waals surface area (Å²) in [4.78, 5) is 192. The van der Waals surface area contributed by atoms with Crippen molar-refractivity contribution in [2.45, 2.75) is 210 Å². The molecule has 0 saturated carbocycles. The van der Waals surface area contributed by atoms with Crippen LogP contribution in [-0.4, -0.2) is 206 Å². The SMILES string of the molecule is CCC(C)C1NC(=O)C(N)C(C)(C)SSCC(C(=O)O)NC(=O)C(CC(C)C)NC(=O)C(C(C)C)NC(=O)C(CC(N)=O)NC(=O)C(CCCCN)NC(=O)CNC(=O)C(CCCCN)NC(=O)C(C(C)O)NC(=O)C(CC(=O)O)NC(=O)C(Cc2ccc(O)cc2)NC1=O. The highest BCUT2D eigenvalue weighted by atomic mass is 33.1. The Balaban J connectivity index is 2.84. The third-order valence-electron chi connectivity index (χ3n) is 15.3. The van der Waals surface area contributed by atoms with E-state index in [1.54, 1.807) is 55.4 Å². The summed E-state index contributed by atoms with van der Waals surface area (Å²) in [5.74, 6) is -17.8. The number of phenols is 1. The number of aliphatic hydroxyl groups excluding tert-OH is 1. The van der Waals surface area contributed by atoms with E-state index in [4.69, 9.17) is 22.9 Å². The average Bonchev–Trinajstić information content (AvgIpc) is 0.967. The maximum absolute atomic E-state index is 14.5. The van der Waals surface area contributed by atoms with E-state index in [-0.39, 0.29) is 75.5 Å². The number of carbonyl (C=O) groups excluding carboxylic acids is 12. The minimum atomic E-state index is -2.03. The molecular weight excluding hydrogens is 1280 g/mol. The largest absolute Gasteiger partial charge is 0.508 e. The molecule has 13 unspecified atom stereocenters. The average molecular weight is 1380 g/mol. The van der Waals surface area contributed by atoms with Crippen LogP contribution in [0.25, 0.3) is 0 Å². The molecule has 534 valence electrons. The standard InChI is InChI=1S/C60H99N15O18S2/c1-10-31(6)46-56(89)71-38(24-33-17-19-34(77)20-18-33)52(85)69-40(26-44(80)81)54(87)75-47(32(7)76)57(90)67-35(15-11-13-21-61)49(82)65-27-43(79)66-36(16-12-14-22-62)50(83)68-39(25-42(63)78)53(86)73-45(30(4)5)55(88)70-37(23-29(2)3)51(84)72-41(59(92)93)28-94-95-60(8,9)48(64)58(91)74-46/h17-20,29-32,35-41,45-48,76-77H,10-16,21-28,61-62,64H2,1-9H3,(H2,63,78)(H,65,82)(H,66,79)(H,67,90)(H,68,83)(H,69,85)(H,70,88)(H,71,89)(H,72,84)(H,73,86)(H,74,91)(H,75,87)(H,80,81)(H,92,93). The van der Waals surface area contributed by atoms with Crippen molar-refractivity contribution in [2.75, 3.05) is 25.4 Å². The van der Waals surface area contributed by atoms with Gasteiger partial charge in [-0.1, -0.05) is 81.7 Å². The Hall–Kier alpha value is -7.86. The lowest BCUT2D eigenvalue weighted by Gasteiger charge is -2.33. The van der Waals surface area contributed by atoms with Gasteiger partial charge in [-0.2, -0.15) is 0 Å². The zero-order valence-corrected chi connectivity index (χ0v) is 56.8. The number of rotatable bonds is 21. The van der Waals surface area contributed by atoms with Crippen LogP contribution in [-0.2, 0) is 73.5 Å². The Morgan fingerprint density at radius 3 is 1.55 bits per heavy atom. The number of hydrogen-bond acceptors (Lipinski definition) is 21. The van der Waals surface area contributed by atoms with Crippen LogP contribution in [0.4, 0.5) is 0 Å². The molecule has 1 fully saturated rings. The highest BCUT2D eigenvalue weighted by Crippen LogP contribution is 2.38. The Morgan fingerprint density at radius 1 is 0.579 bits per heavy atom. The van der Waals surface area contributed by atoms with Gasteiger partial charge in [-0.25, -0.2) is 4.79 Å². The normalized spacial score (nSPS) is 26.0. The minimum Gasteiger partial charge on any atom is -0.508 e. The molecule has 12 amide bonds. The van der Waals surface area contributed by atoms with Crippen molar-refractivity contribution in [2.24, 2.45) is 40.7 Å². The van der Waals surface area contributed by atoms with Gasteiger partial charge in [-0.3, -0.25) is 62.3 Å². The van der Waals surface area contributed by atoms with Crippen molar-refractivity contribution < 1.29 is 87.5 Å². The Kier molecular flexibility index (Phi) is 36.1. The Labute approximate surface area is 560 Å². The van der Waals surface area contributed by atoms with Gasteiger partial charge < -0.3 is 102 Å². The number of primary amides is 1. The minimum absolute atomic E-state index is 0.0346. The van der Waals surface area contributed by atoms with E-state index in [2.05, 4.69) is 58.5 Å². The van der Waals surface area contributed by atoms with Crippen LogP contribution in [0, 0.1) is 17.8 Å². The quantitative estimate of drug-likeness (QED) is 0.0415. The smallest absolute Gasteiger partial charge is 0.327 e. The predicted molar refractivity (Wildman–Crippen MR) is 351 cm³/mol. The second kappa shape index (κ2) is 41.2. The number of amides is 12. The van der Waals surface area contributed by atoms with E-state index in [0.717, 1.165) is 28.5 Å². The van der Waals surface area contributed by atoms with Crippen molar-refractivity contribution in [3.05, 3.63) is 29.8 Å². The number of nitrogens with one attached hydrogen (secondary N) is 11. The number of nitrogens with two attached hydrogens (primary N) is 4. The monoisotopic (exact) mass is 1380 g/mol. The molecular formula is C60H99N15O18S2. The summed E-state index contributed by atoms with van der Waals surface area (Å²) >= 11 is 0. The van der Waals surface area contributed by atoms with Crippen molar-refractivity contribution >= 4 is 104 Å². The van der Waals surface area contributed by atoms with Crippen LogP contribution in [0.15, 0.2) is 24.3 Å². The first-order valence-electron chi connectivity index (χ1n) is 31.4. The Bertz CT molecular complexity index is 2820. The van der Waals surface area contributed by atoms with Gasteiger partial charge in [0.1, 0.15) is 66.2 Å². The van der Waals surface area contributed by atoms with Gasteiger partial charge in [-0.05, 0) is 114 Å². The fraction of sp³-hybridized carbons (Fsp3) is 0.667. The number of hydrogen-bond donors (Lipinski definition) is 19.